The van der Waals surface area contributed by atoms with Gasteiger partial charge in [-0.3, -0.25) is 4.72 Å². The fourth-order valence-corrected chi connectivity index (χ4v) is 3.72. The molecule has 124 valence electrons. The zero-order valence-corrected chi connectivity index (χ0v) is 15.5. The van der Waals surface area contributed by atoms with E-state index in [1.54, 1.807) is 12.1 Å². The zero-order valence-electron chi connectivity index (χ0n) is 13.1. The van der Waals surface area contributed by atoms with Crippen LogP contribution in [-0.4, -0.2) is 19.2 Å². The summed E-state index contributed by atoms with van der Waals surface area (Å²) in [6, 6.07) is 9.37. The highest BCUT2D eigenvalue weighted by atomic mass is 79.9. The molecular formula is C16H20BrN3O2S. The summed E-state index contributed by atoms with van der Waals surface area (Å²) in [4.78, 5) is 4.25. The highest BCUT2D eigenvalue weighted by molar-refractivity contribution is 9.10. The van der Waals surface area contributed by atoms with E-state index in [1.165, 1.54) is 6.20 Å². The summed E-state index contributed by atoms with van der Waals surface area (Å²) < 4.78 is 27.3. The van der Waals surface area contributed by atoms with Gasteiger partial charge in [0, 0.05) is 10.2 Å². The molecule has 1 aromatic carbocycles. The number of rotatable bonds is 7. The molecular weight excluding hydrogens is 378 g/mol. The van der Waals surface area contributed by atoms with E-state index < -0.39 is 10.0 Å². The van der Waals surface area contributed by atoms with Crippen molar-refractivity contribution in [2.45, 2.75) is 26.7 Å². The Morgan fingerprint density at radius 1 is 1.22 bits per heavy atom. The van der Waals surface area contributed by atoms with E-state index in [0.29, 0.717) is 17.9 Å². The van der Waals surface area contributed by atoms with E-state index in [1.807, 2.05) is 32.0 Å². The normalized spacial score (nSPS) is 11.3. The molecule has 0 aliphatic heterocycles. The van der Waals surface area contributed by atoms with Gasteiger partial charge < -0.3 is 5.32 Å². The van der Waals surface area contributed by atoms with Crippen molar-refractivity contribution in [1.29, 1.82) is 0 Å². The van der Waals surface area contributed by atoms with Gasteiger partial charge in [-0.05, 0) is 49.2 Å². The molecule has 1 heterocycles. The molecule has 23 heavy (non-hydrogen) atoms. The molecule has 0 atom stereocenters. The van der Waals surface area contributed by atoms with Crippen molar-refractivity contribution in [2.24, 2.45) is 0 Å². The topological polar surface area (TPSA) is 71.1 Å². The lowest BCUT2D eigenvalue weighted by molar-refractivity contribution is 0.598. The number of sulfonamides is 1. The average Bonchev–Trinajstić information content (AvgIpc) is 2.50. The van der Waals surface area contributed by atoms with Crippen LogP contribution < -0.4 is 10.0 Å². The van der Waals surface area contributed by atoms with Crippen molar-refractivity contribution < 1.29 is 8.42 Å². The van der Waals surface area contributed by atoms with Crippen LogP contribution in [0.25, 0.3) is 0 Å². The highest BCUT2D eigenvalue weighted by Crippen LogP contribution is 2.23. The molecule has 2 rings (SSSR count). The Morgan fingerprint density at radius 3 is 2.61 bits per heavy atom. The lowest BCUT2D eigenvalue weighted by atomic mass is 10.2. The molecule has 1 aromatic heterocycles. The maximum atomic E-state index is 11.9. The minimum absolute atomic E-state index is 0.127. The van der Waals surface area contributed by atoms with Crippen molar-refractivity contribution in [3.8, 4) is 0 Å². The third-order valence-corrected chi connectivity index (χ3v) is 5.12. The molecule has 0 spiro atoms. The number of halogens is 1. The van der Waals surface area contributed by atoms with Gasteiger partial charge in [0.25, 0.3) is 0 Å². The van der Waals surface area contributed by atoms with Crippen molar-refractivity contribution in [3.63, 3.8) is 0 Å². The van der Waals surface area contributed by atoms with E-state index in [9.17, 15) is 8.42 Å². The molecule has 0 saturated heterocycles. The quantitative estimate of drug-likeness (QED) is 0.724. The molecule has 0 radical (unpaired) electrons. The maximum Gasteiger partial charge on any atom is 0.232 e. The van der Waals surface area contributed by atoms with Gasteiger partial charge in [0.05, 0.1) is 17.6 Å². The lowest BCUT2D eigenvalue weighted by Gasteiger charge is -2.11. The summed E-state index contributed by atoms with van der Waals surface area (Å²) in [6.07, 6.45) is 3.00. The first kappa shape index (κ1) is 17.7. The SMILES string of the molecule is CCCCS(=O)(=O)Nc1ccc(Nc2ccc(Br)cc2C)nc1. The molecule has 7 heteroatoms. The summed E-state index contributed by atoms with van der Waals surface area (Å²) in [6.45, 7) is 3.96. The Morgan fingerprint density at radius 2 is 2.00 bits per heavy atom. The van der Waals surface area contributed by atoms with Crippen LogP contribution in [0.2, 0.25) is 0 Å². The number of hydrogen-bond acceptors (Lipinski definition) is 4. The first-order valence-corrected chi connectivity index (χ1v) is 9.84. The van der Waals surface area contributed by atoms with Crippen LogP contribution in [0.3, 0.4) is 0 Å². The van der Waals surface area contributed by atoms with Crippen molar-refractivity contribution in [3.05, 3.63) is 46.6 Å². The molecule has 0 bridgehead atoms. The Kier molecular flexibility index (Phi) is 6.01. The van der Waals surface area contributed by atoms with Crippen LogP contribution in [0.5, 0.6) is 0 Å². The summed E-state index contributed by atoms with van der Waals surface area (Å²) in [7, 11) is -3.30. The second kappa shape index (κ2) is 7.79. The highest BCUT2D eigenvalue weighted by Gasteiger charge is 2.09. The van der Waals surface area contributed by atoms with Crippen molar-refractivity contribution in [2.75, 3.05) is 15.8 Å². The van der Waals surface area contributed by atoms with Crippen LogP contribution in [0.4, 0.5) is 17.2 Å². The van der Waals surface area contributed by atoms with E-state index >= 15 is 0 Å². The molecule has 5 nitrogen and oxygen atoms in total. The van der Waals surface area contributed by atoms with Gasteiger partial charge in [-0.15, -0.1) is 0 Å². The fraction of sp³-hybridized carbons (Fsp3) is 0.312. The Labute approximate surface area is 145 Å². The molecule has 2 aromatic rings. The second-order valence-corrected chi connectivity index (χ2v) is 8.05. The van der Waals surface area contributed by atoms with Gasteiger partial charge in [-0.2, -0.15) is 0 Å². The largest absolute Gasteiger partial charge is 0.340 e. The number of pyridine rings is 1. The first-order chi connectivity index (χ1) is 10.9. The molecule has 0 aliphatic rings. The smallest absolute Gasteiger partial charge is 0.232 e. The van der Waals surface area contributed by atoms with Gasteiger partial charge >= 0.3 is 0 Å². The molecule has 0 aliphatic carbocycles. The standard InChI is InChI=1S/C16H20BrN3O2S/c1-3-4-9-23(21,22)20-14-6-8-16(18-11-14)19-15-7-5-13(17)10-12(15)2/h5-8,10-11,20H,3-4,9H2,1-2H3,(H,18,19). The van der Waals surface area contributed by atoms with Crippen LogP contribution in [0.1, 0.15) is 25.3 Å². The van der Waals surface area contributed by atoms with Crippen LogP contribution in [-0.2, 0) is 10.0 Å². The monoisotopic (exact) mass is 397 g/mol. The number of nitrogens with zero attached hydrogens (tertiary/aromatic N) is 1. The first-order valence-electron chi connectivity index (χ1n) is 7.39. The summed E-state index contributed by atoms with van der Waals surface area (Å²) in [5.41, 5.74) is 2.52. The minimum Gasteiger partial charge on any atom is -0.340 e. The van der Waals surface area contributed by atoms with Gasteiger partial charge in [0.15, 0.2) is 0 Å². The lowest BCUT2D eigenvalue weighted by Crippen LogP contribution is -2.16. The van der Waals surface area contributed by atoms with E-state index in [4.69, 9.17) is 0 Å². The fourth-order valence-electron chi connectivity index (χ4n) is 2.00. The third kappa shape index (κ3) is 5.51. The number of aromatic nitrogens is 1. The number of unbranched alkanes of at least 4 members (excludes halogenated alkanes) is 1. The van der Waals surface area contributed by atoms with Gasteiger partial charge in [-0.1, -0.05) is 29.3 Å². The predicted octanol–water partition coefficient (Wildman–Crippen LogP) is 4.44. The number of aryl methyl sites for hydroxylation is 1. The van der Waals surface area contributed by atoms with Crippen LogP contribution >= 0.6 is 15.9 Å². The van der Waals surface area contributed by atoms with E-state index in [0.717, 1.165) is 22.1 Å². The van der Waals surface area contributed by atoms with E-state index in [-0.39, 0.29) is 5.75 Å². The average molecular weight is 398 g/mol. The number of nitrogens with one attached hydrogen (secondary N) is 2. The summed E-state index contributed by atoms with van der Waals surface area (Å²) >= 11 is 3.43. The number of benzene rings is 1. The number of anilines is 3. The van der Waals surface area contributed by atoms with Crippen LogP contribution in [0.15, 0.2) is 41.0 Å². The molecule has 0 amide bonds. The van der Waals surface area contributed by atoms with Crippen molar-refractivity contribution in [1.82, 2.24) is 4.98 Å². The molecule has 0 saturated carbocycles. The Bertz CT molecular complexity index is 761. The molecule has 0 unspecified atom stereocenters. The van der Waals surface area contributed by atoms with Gasteiger partial charge in [0.2, 0.25) is 10.0 Å². The van der Waals surface area contributed by atoms with Crippen LogP contribution in [0, 0.1) is 6.92 Å². The van der Waals surface area contributed by atoms with Crippen molar-refractivity contribution >= 4 is 43.1 Å². The minimum atomic E-state index is -3.30. The maximum absolute atomic E-state index is 11.9. The summed E-state index contributed by atoms with van der Waals surface area (Å²) in [5, 5.41) is 3.21. The predicted molar refractivity (Wildman–Crippen MR) is 98.7 cm³/mol. The van der Waals surface area contributed by atoms with Gasteiger partial charge in [-0.25, -0.2) is 13.4 Å². The van der Waals surface area contributed by atoms with E-state index in [2.05, 4.69) is 31.0 Å². The Balaban J connectivity index is 2.05. The molecule has 0 fully saturated rings. The number of hydrogen-bond donors (Lipinski definition) is 2. The third-order valence-electron chi connectivity index (χ3n) is 3.25. The zero-order chi connectivity index (χ0) is 16.9. The summed E-state index contributed by atoms with van der Waals surface area (Å²) in [5.74, 6) is 0.786. The Hall–Kier alpha value is -1.60. The second-order valence-electron chi connectivity index (χ2n) is 5.29. The van der Waals surface area contributed by atoms with Gasteiger partial charge in [0.1, 0.15) is 5.82 Å². The molecule has 2 N–H and O–H groups in total.